The third-order valence-electron chi connectivity index (χ3n) is 3.62. The second-order valence-corrected chi connectivity index (χ2v) is 5.65. The molecule has 0 aliphatic heterocycles. The number of rotatable bonds is 6. The lowest BCUT2D eigenvalue weighted by Crippen LogP contribution is -2.22. The molecule has 0 bridgehead atoms. The number of aryl methyl sites for hydroxylation is 1. The summed E-state index contributed by atoms with van der Waals surface area (Å²) in [4.78, 5) is 12.0. The Hall–Kier alpha value is -3.15. The number of benzene rings is 2. The zero-order chi connectivity index (χ0) is 17.6. The SMILES string of the molecule is Cc1ccc(Cn2nccc2NC(=O)COc2ccc(F)cc2)cc1. The van der Waals surface area contributed by atoms with Gasteiger partial charge in [-0.25, -0.2) is 9.07 Å². The van der Waals surface area contributed by atoms with Gasteiger partial charge in [-0.2, -0.15) is 5.10 Å². The molecule has 0 unspecified atom stereocenters. The van der Waals surface area contributed by atoms with E-state index < -0.39 is 0 Å². The minimum Gasteiger partial charge on any atom is -0.484 e. The first-order valence-corrected chi connectivity index (χ1v) is 7.86. The molecule has 0 aliphatic rings. The number of ether oxygens (including phenoxy) is 1. The van der Waals surface area contributed by atoms with Gasteiger partial charge in [0.2, 0.25) is 0 Å². The van der Waals surface area contributed by atoms with Crippen LogP contribution in [0.5, 0.6) is 5.75 Å². The quantitative estimate of drug-likeness (QED) is 0.749. The van der Waals surface area contributed by atoms with Gasteiger partial charge in [-0.05, 0) is 36.8 Å². The van der Waals surface area contributed by atoms with Crippen molar-refractivity contribution >= 4 is 11.7 Å². The number of hydrogen-bond donors (Lipinski definition) is 1. The fraction of sp³-hybridized carbons (Fsp3) is 0.158. The Labute approximate surface area is 145 Å². The molecular formula is C19H18FN3O2. The third kappa shape index (κ3) is 4.67. The Balaban J connectivity index is 1.57. The predicted octanol–water partition coefficient (Wildman–Crippen LogP) is 3.40. The minimum absolute atomic E-state index is 0.165. The van der Waals surface area contributed by atoms with E-state index in [2.05, 4.69) is 10.4 Å². The summed E-state index contributed by atoms with van der Waals surface area (Å²) in [6.45, 7) is 2.42. The number of nitrogens with one attached hydrogen (secondary N) is 1. The van der Waals surface area contributed by atoms with Crippen LogP contribution in [0.25, 0.3) is 0 Å². The van der Waals surface area contributed by atoms with Crippen molar-refractivity contribution in [2.75, 3.05) is 11.9 Å². The van der Waals surface area contributed by atoms with Gasteiger partial charge in [-0.1, -0.05) is 29.8 Å². The maximum atomic E-state index is 12.8. The molecule has 128 valence electrons. The highest BCUT2D eigenvalue weighted by atomic mass is 19.1. The highest BCUT2D eigenvalue weighted by Gasteiger charge is 2.09. The Kier molecular flexibility index (Phi) is 5.09. The molecule has 3 rings (SSSR count). The van der Waals surface area contributed by atoms with Crippen LogP contribution in [0.1, 0.15) is 11.1 Å². The summed E-state index contributed by atoms with van der Waals surface area (Å²) in [6, 6.07) is 15.4. The van der Waals surface area contributed by atoms with Crippen LogP contribution in [0.3, 0.4) is 0 Å². The first-order chi connectivity index (χ1) is 12.1. The van der Waals surface area contributed by atoms with E-state index in [0.717, 1.165) is 5.56 Å². The average molecular weight is 339 g/mol. The number of nitrogens with zero attached hydrogens (tertiary/aromatic N) is 2. The van der Waals surface area contributed by atoms with Crippen LogP contribution in [0.4, 0.5) is 10.2 Å². The molecule has 0 radical (unpaired) electrons. The van der Waals surface area contributed by atoms with Gasteiger partial charge in [0.15, 0.2) is 6.61 Å². The predicted molar refractivity (Wildman–Crippen MR) is 93.0 cm³/mol. The Morgan fingerprint density at radius 1 is 1.12 bits per heavy atom. The van der Waals surface area contributed by atoms with Crippen molar-refractivity contribution in [3.05, 3.63) is 77.7 Å². The molecule has 6 heteroatoms. The van der Waals surface area contributed by atoms with Crippen LogP contribution in [0.2, 0.25) is 0 Å². The van der Waals surface area contributed by atoms with E-state index in [1.165, 1.54) is 29.8 Å². The summed E-state index contributed by atoms with van der Waals surface area (Å²) in [5.74, 6) is 0.366. The van der Waals surface area contributed by atoms with E-state index >= 15 is 0 Å². The van der Waals surface area contributed by atoms with Crippen molar-refractivity contribution in [2.45, 2.75) is 13.5 Å². The number of carbonyl (C=O) groups excluding carboxylic acids is 1. The van der Waals surface area contributed by atoms with Gasteiger partial charge >= 0.3 is 0 Å². The van der Waals surface area contributed by atoms with Crippen molar-refractivity contribution in [1.82, 2.24) is 9.78 Å². The molecule has 1 heterocycles. The van der Waals surface area contributed by atoms with Gasteiger partial charge in [-0.3, -0.25) is 4.79 Å². The summed E-state index contributed by atoms with van der Waals surface area (Å²) < 4.78 is 19.9. The fourth-order valence-corrected chi connectivity index (χ4v) is 2.29. The van der Waals surface area contributed by atoms with Gasteiger partial charge < -0.3 is 10.1 Å². The molecule has 0 aliphatic carbocycles. The van der Waals surface area contributed by atoms with Crippen molar-refractivity contribution in [3.63, 3.8) is 0 Å². The van der Waals surface area contributed by atoms with Gasteiger partial charge in [0, 0.05) is 6.07 Å². The smallest absolute Gasteiger partial charge is 0.263 e. The molecule has 0 saturated heterocycles. The lowest BCUT2D eigenvalue weighted by Gasteiger charge is -2.10. The Morgan fingerprint density at radius 2 is 1.84 bits per heavy atom. The van der Waals surface area contributed by atoms with E-state index in [-0.39, 0.29) is 18.3 Å². The minimum atomic E-state index is -0.350. The molecule has 25 heavy (non-hydrogen) atoms. The second-order valence-electron chi connectivity index (χ2n) is 5.65. The van der Waals surface area contributed by atoms with Crippen LogP contribution in [-0.4, -0.2) is 22.3 Å². The molecule has 5 nitrogen and oxygen atoms in total. The summed E-state index contributed by atoms with van der Waals surface area (Å²) in [5.41, 5.74) is 2.28. The van der Waals surface area contributed by atoms with Crippen LogP contribution in [-0.2, 0) is 11.3 Å². The fourth-order valence-electron chi connectivity index (χ4n) is 2.29. The normalized spacial score (nSPS) is 10.5. The summed E-state index contributed by atoms with van der Waals surface area (Å²) >= 11 is 0. The molecule has 0 spiro atoms. The van der Waals surface area contributed by atoms with E-state index in [1.807, 2.05) is 31.2 Å². The summed E-state index contributed by atoms with van der Waals surface area (Å²) in [6.07, 6.45) is 1.63. The van der Waals surface area contributed by atoms with Gasteiger partial charge in [0.25, 0.3) is 5.91 Å². The molecule has 3 aromatic rings. The van der Waals surface area contributed by atoms with E-state index in [9.17, 15) is 9.18 Å². The van der Waals surface area contributed by atoms with E-state index in [1.54, 1.807) is 16.9 Å². The molecule has 1 amide bonds. The molecule has 0 saturated carbocycles. The van der Waals surface area contributed by atoms with Crippen molar-refractivity contribution in [1.29, 1.82) is 0 Å². The third-order valence-corrected chi connectivity index (χ3v) is 3.62. The molecule has 1 N–H and O–H groups in total. The number of halogens is 1. The Bertz CT molecular complexity index is 842. The largest absolute Gasteiger partial charge is 0.484 e. The number of aromatic nitrogens is 2. The lowest BCUT2D eigenvalue weighted by atomic mass is 10.1. The number of anilines is 1. The molecule has 0 atom stereocenters. The van der Waals surface area contributed by atoms with Crippen LogP contribution in [0, 0.1) is 12.7 Å². The molecule has 1 aromatic heterocycles. The summed E-state index contributed by atoms with van der Waals surface area (Å²) in [5, 5.41) is 7.00. The first-order valence-electron chi connectivity index (χ1n) is 7.86. The topological polar surface area (TPSA) is 56.2 Å². The van der Waals surface area contributed by atoms with Gasteiger partial charge in [0.05, 0.1) is 12.7 Å². The molecular weight excluding hydrogens is 321 g/mol. The van der Waals surface area contributed by atoms with Crippen LogP contribution in [0.15, 0.2) is 60.8 Å². The van der Waals surface area contributed by atoms with E-state index in [4.69, 9.17) is 4.74 Å². The van der Waals surface area contributed by atoms with Crippen LogP contribution < -0.4 is 10.1 Å². The maximum Gasteiger partial charge on any atom is 0.263 e. The van der Waals surface area contributed by atoms with Crippen molar-refractivity contribution in [2.24, 2.45) is 0 Å². The number of amides is 1. The highest BCUT2D eigenvalue weighted by molar-refractivity contribution is 5.91. The zero-order valence-electron chi connectivity index (χ0n) is 13.8. The molecule has 2 aromatic carbocycles. The second kappa shape index (κ2) is 7.61. The zero-order valence-corrected chi connectivity index (χ0v) is 13.8. The van der Waals surface area contributed by atoms with Crippen molar-refractivity contribution in [3.8, 4) is 5.75 Å². The number of hydrogen-bond acceptors (Lipinski definition) is 3. The van der Waals surface area contributed by atoms with Crippen molar-refractivity contribution < 1.29 is 13.9 Å². The van der Waals surface area contributed by atoms with Gasteiger partial charge in [-0.15, -0.1) is 0 Å². The monoisotopic (exact) mass is 339 g/mol. The van der Waals surface area contributed by atoms with Gasteiger partial charge in [0.1, 0.15) is 17.4 Å². The lowest BCUT2D eigenvalue weighted by molar-refractivity contribution is -0.118. The van der Waals surface area contributed by atoms with Crippen LogP contribution >= 0.6 is 0 Å². The first kappa shape index (κ1) is 16.7. The molecule has 0 fully saturated rings. The highest BCUT2D eigenvalue weighted by Crippen LogP contribution is 2.13. The number of carbonyl (C=O) groups is 1. The Morgan fingerprint density at radius 3 is 2.56 bits per heavy atom. The maximum absolute atomic E-state index is 12.8. The standard InChI is InChI=1S/C19H18FN3O2/c1-14-2-4-15(5-3-14)12-23-18(10-11-21-23)22-19(24)13-25-17-8-6-16(20)7-9-17/h2-11H,12-13H2,1H3,(H,22,24). The summed E-state index contributed by atoms with van der Waals surface area (Å²) in [7, 11) is 0. The average Bonchev–Trinajstić information content (AvgIpc) is 3.03. The van der Waals surface area contributed by atoms with E-state index in [0.29, 0.717) is 18.1 Å².